The van der Waals surface area contributed by atoms with E-state index in [1.54, 1.807) is 28.3 Å². The molecular weight excluding hydrogens is 334 g/mol. The summed E-state index contributed by atoms with van der Waals surface area (Å²) < 4.78 is 18.2. The maximum Gasteiger partial charge on any atom is 0.372 e. The summed E-state index contributed by atoms with van der Waals surface area (Å²) in [6.45, 7) is 4.12. The van der Waals surface area contributed by atoms with Crippen LogP contribution in [0.4, 0.5) is 5.69 Å². The molecule has 0 spiro atoms. The van der Waals surface area contributed by atoms with Crippen LogP contribution < -0.4 is 5.32 Å². The minimum atomic E-state index is -2.43. The maximum absolute atomic E-state index is 7.57. The van der Waals surface area contributed by atoms with Crippen LogP contribution in [0.5, 0.6) is 0 Å². The first-order valence-corrected chi connectivity index (χ1v) is 11.2. The monoisotopic (exact) mass is 369 g/mol. The Morgan fingerprint density at radius 3 is 2.24 bits per heavy atom. The van der Waals surface area contributed by atoms with E-state index in [-0.39, 0.29) is 17.9 Å². The van der Waals surface area contributed by atoms with Crippen molar-refractivity contribution in [1.82, 2.24) is 0 Å². The average Bonchev–Trinajstić information content (AvgIpc) is 2.64. The Bertz CT molecular complexity index is 470. The van der Waals surface area contributed by atoms with E-state index in [9.17, 15) is 0 Å². The van der Waals surface area contributed by atoms with Gasteiger partial charge in [0.15, 0.2) is 0 Å². The van der Waals surface area contributed by atoms with Crippen LogP contribution in [0.2, 0.25) is 6.04 Å². The highest BCUT2D eigenvalue weighted by Gasteiger charge is 2.63. The molecule has 2 atom stereocenters. The topological polar surface area (TPSA) is 60.0 Å². The molecule has 1 heterocycles. The van der Waals surface area contributed by atoms with Gasteiger partial charge in [0.2, 0.25) is 0 Å². The summed E-state index contributed by atoms with van der Waals surface area (Å²) in [5.74, 6) is 0. The van der Waals surface area contributed by atoms with Gasteiger partial charge in [-0.2, -0.15) is 0 Å². The smallest absolute Gasteiger partial charge is 0.372 e. The molecule has 0 radical (unpaired) electrons. The lowest BCUT2D eigenvalue weighted by molar-refractivity contribution is -0.0230. The molecule has 2 N–H and O–H groups in total. The van der Waals surface area contributed by atoms with Crippen molar-refractivity contribution >= 4 is 14.2 Å². The predicted molar refractivity (Wildman–Crippen MR) is 105 cm³/mol. The van der Waals surface area contributed by atoms with Crippen molar-refractivity contribution in [2.24, 2.45) is 0 Å². The molecule has 0 saturated carbocycles. The lowest BCUT2D eigenvalue weighted by Gasteiger charge is -2.52. The molecule has 0 amide bonds. The highest BCUT2D eigenvalue weighted by Crippen LogP contribution is 2.44. The van der Waals surface area contributed by atoms with Crippen LogP contribution in [-0.4, -0.2) is 52.9 Å². The Hall–Kier alpha value is -0.923. The molecule has 1 fully saturated rings. The lowest BCUT2D eigenvalue weighted by Crippen LogP contribution is -2.72. The van der Waals surface area contributed by atoms with Gasteiger partial charge in [-0.25, -0.2) is 0 Å². The third kappa shape index (κ3) is 4.83. The highest BCUT2D eigenvalue weighted by atomic mass is 28.4. The zero-order valence-corrected chi connectivity index (χ0v) is 17.4. The molecule has 0 aliphatic carbocycles. The van der Waals surface area contributed by atoms with Crippen molar-refractivity contribution < 1.29 is 18.7 Å². The predicted octanol–water partition coefficient (Wildman–Crippen LogP) is 3.72. The van der Waals surface area contributed by atoms with Gasteiger partial charge in [0.1, 0.15) is 5.22 Å². The second-order valence-electron chi connectivity index (χ2n) is 6.28. The first kappa shape index (κ1) is 22.1. The van der Waals surface area contributed by atoms with Gasteiger partial charge in [-0.3, -0.25) is 0 Å². The molecule has 2 unspecified atom stereocenters. The standard InChI is InChI=1S/C17H29NO3Si.C2H6O/c1-5-13-17(19-2)16(18-15-10-7-6-8-11-15)12-9-14-22(17,20-3)21-4;1-2-3/h6-8,10-11,16,18H,5,9,12-14H2,1-4H3;3H,2H2,1H3. The molecule has 0 aromatic heterocycles. The molecule has 0 bridgehead atoms. The van der Waals surface area contributed by atoms with Gasteiger partial charge in [-0.05, 0) is 44.4 Å². The number of ether oxygens (including phenoxy) is 1. The van der Waals surface area contributed by atoms with Crippen LogP contribution in [0.1, 0.15) is 39.5 Å². The number of rotatable bonds is 7. The number of hydrogen-bond acceptors (Lipinski definition) is 5. The minimum Gasteiger partial charge on any atom is -0.397 e. The fraction of sp³-hybridized carbons (Fsp3) is 0.684. The van der Waals surface area contributed by atoms with Crippen LogP contribution in [0.15, 0.2) is 30.3 Å². The Morgan fingerprint density at radius 2 is 1.76 bits per heavy atom. The number of nitrogens with one attached hydrogen (secondary N) is 1. The van der Waals surface area contributed by atoms with Crippen molar-refractivity contribution in [3.05, 3.63) is 30.3 Å². The first-order chi connectivity index (χ1) is 12.1. The Morgan fingerprint density at radius 1 is 1.16 bits per heavy atom. The molecule has 1 saturated heterocycles. The number of para-hydroxylation sites is 1. The molecule has 2 rings (SSSR count). The lowest BCUT2D eigenvalue weighted by atomic mass is 9.99. The van der Waals surface area contributed by atoms with Gasteiger partial charge in [-0.1, -0.05) is 31.5 Å². The van der Waals surface area contributed by atoms with Gasteiger partial charge >= 0.3 is 8.56 Å². The molecule has 1 aromatic carbocycles. The van der Waals surface area contributed by atoms with Gasteiger partial charge in [0.05, 0.1) is 6.04 Å². The second kappa shape index (κ2) is 10.9. The summed E-state index contributed by atoms with van der Waals surface area (Å²) in [4.78, 5) is 0. The quantitative estimate of drug-likeness (QED) is 0.717. The maximum atomic E-state index is 7.57. The number of aliphatic hydroxyl groups is 1. The van der Waals surface area contributed by atoms with E-state index in [1.807, 2.05) is 6.07 Å². The van der Waals surface area contributed by atoms with E-state index in [0.29, 0.717) is 0 Å². The highest BCUT2D eigenvalue weighted by molar-refractivity contribution is 6.71. The van der Waals surface area contributed by atoms with Crippen molar-refractivity contribution in [2.75, 3.05) is 33.3 Å². The molecule has 1 aromatic rings. The summed E-state index contributed by atoms with van der Waals surface area (Å²) in [6.07, 6.45) is 4.17. The average molecular weight is 370 g/mol. The molecule has 25 heavy (non-hydrogen) atoms. The minimum absolute atomic E-state index is 0.208. The molecule has 1 aliphatic rings. The van der Waals surface area contributed by atoms with E-state index in [2.05, 4.69) is 36.5 Å². The third-order valence-electron chi connectivity index (χ3n) is 4.97. The normalized spacial score (nSPS) is 25.0. The molecule has 5 nitrogen and oxygen atoms in total. The molecule has 1 aliphatic heterocycles. The zero-order valence-electron chi connectivity index (χ0n) is 16.4. The largest absolute Gasteiger partial charge is 0.397 e. The van der Waals surface area contributed by atoms with Crippen molar-refractivity contribution in [2.45, 2.75) is 56.8 Å². The molecule has 144 valence electrons. The van der Waals surface area contributed by atoms with E-state index >= 15 is 0 Å². The van der Waals surface area contributed by atoms with Gasteiger partial charge in [0, 0.05) is 33.6 Å². The Labute approximate surface area is 153 Å². The van der Waals surface area contributed by atoms with Gasteiger partial charge in [-0.15, -0.1) is 0 Å². The summed E-state index contributed by atoms with van der Waals surface area (Å²) >= 11 is 0. The van der Waals surface area contributed by atoms with E-state index in [0.717, 1.165) is 37.4 Å². The molecule has 6 heteroatoms. The van der Waals surface area contributed by atoms with Crippen molar-refractivity contribution in [3.8, 4) is 0 Å². The number of aliphatic hydroxyl groups excluding tert-OH is 1. The Balaban J connectivity index is 0.000000970. The second-order valence-corrected chi connectivity index (χ2v) is 9.94. The fourth-order valence-electron chi connectivity index (χ4n) is 3.94. The number of anilines is 1. The van der Waals surface area contributed by atoms with Gasteiger partial charge < -0.3 is 24.0 Å². The Kier molecular flexibility index (Phi) is 9.67. The summed E-state index contributed by atoms with van der Waals surface area (Å²) in [6, 6.07) is 11.5. The van der Waals surface area contributed by atoms with Crippen molar-refractivity contribution in [3.63, 3.8) is 0 Å². The van der Waals surface area contributed by atoms with Crippen LogP contribution in [0.3, 0.4) is 0 Å². The number of methoxy groups -OCH3 is 1. The zero-order chi connectivity index (χ0) is 18.8. The molecular formula is C19H35NO4Si. The fourth-order valence-corrected chi connectivity index (χ4v) is 7.99. The van der Waals surface area contributed by atoms with E-state index in [4.69, 9.17) is 18.7 Å². The summed E-state index contributed by atoms with van der Waals surface area (Å²) in [7, 11) is 2.94. The number of benzene rings is 1. The van der Waals surface area contributed by atoms with Crippen LogP contribution in [0.25, 0.3) is 0 Å². The van der Waals surface area contributed by atoms with Gasteiger partial charge in [0.25, 0.3) is 0 Å². The number of hydrogen-bond donors (Lipinski definition) is 2. The summed E-state index contributed by atoms with van der Waals surface area (Å²) in [5, 5.41) is 10.9. The first-order valence-electron chi connectivity index (χ1n) is 9.17. The SMILES string of the molecule is CCCC1(OC)C(Nc2ccccc2)CCC[Si]1(OC)OC.CCO. The van der Waals surface area contributed by atoms with E-state index in [1.165, 1.54) is 0 Å². The van der Waals surface area contributed by atoms with Crippen molar-refractivity contribution in [1.29, 1.82) is 0 Å². The van der Waals surface area contributed by atoms with Crippen LogP contribution >= 0.6 is 0 Å². The van der Waals surface area contributed by atoms with Crippen LogP contribution in [-0.2, 0) is 13.6 Å². The third-order valence-corrected chi connectivity index (χ3v) is 9.39. The summed E-state index contributed by atoms with van der Waals surface area (Å²) in [5.41, 5.74) is 1.13. The van der Waals surface area contributed by atoms with E-state index < -0.39 is 8.56 Å². The van der Waals surface area contributed by atoms with Crippen LogP contribution in [0, 0.1) is 0 Å².